The Balaban J connectivity index is 1.68. The second-order valence-electron chi connectivity index (χ2n) is 5.35. The number of rotatable bonds is 2. The first-order valence-electron chi connectivity index (χ1n) is 7.01. The van der Waals surface area contributed by atoms with Crippen LogP contribution in [0.4, 0.5) is 5.82 Å². The highest BCUT2D eigenvalue weighted by Gasteiger charge is 2.38. The van der Waals surface area contributed by atoms with Crippen molar-refractivity contribution in [2.45, 2.75) is 18.9 Å². The van der Waals surface area contributed by atoms with E-state index in [2.05, 4.69) is 14.9 Å². The minimum atomic E-state index is 0.118. The van der Waals surface area contributed by atoms with E-state index in [1.165, 1.54) is 12.8 Å². The summed E-state index contributed by atoms with van der Waals surface area (Å²) in [6, 6.07) is 0. The van der Waals surface area contributed by atoms with Gasteiger partial charge in [-0.15, -0.1) is 0 Å². The first-order chi connectivity index (χ1) is 9.81. The number of morpholine rings is 1. The molecule has 3 heterocycles. The predicted molar refractivity (Wildman–Crippen MR) is 72.7 cm³/mol. The Morgan fingerprint density at radius 2 is 1.95 bits per heavy atom. The first-order valence-corrected chi connectivity index (χ1v) is 7.39. The molecule has 2 aliphatic heterocycles. The van der Waals surface area contributed by atoms with E-state index in [0.29, 0.717) is 37.4 Å². The summed E-state index contributed by atoms with van der Waals surface area (Å²) in [5, 5.41) is 0.193. The van der Waals surface area contributed by atoms with Crippen molar-refractivity contribution in [3.05, 3.63) is 5.28 Å². The summed E-state index contributed by atoms with van der Waals surface area (Å²) in [5.41, 5.74) is 0. The van der Waals surface area contributed by atoms with E-state index in [9.17, 15) is 0 Å². The highest BCUT2D eigenvalue weighted by atomic mass is 35.5. The minimum Gasteiger partial charge on any atom is -0.478 e. The molecule has 3 aliphatic rings. The van der Waals surface area contributed by atoms with Crippen molar-refractivity contribution in [3.8, 4) is 11.6 Å². The molecule has 1 aromatic rings. The van der Waals surface area contributed by atoms with Gasteiger partial charge in [0.1, 0.15) is 12.7 Å². The minimum absolute atomic E-state index is 0.118. The van der Waals surface area contributed by atoms with Gasteiger partial charge in [-0.1, -0.05) is 0 Å². The van der Waals surface area contributed by atoms with Gasteiger partial charge >= 0.3 is 0 Å². The lowest BCUT2D eigenvalue weighted by Crippen LogP contribution is -2.39. The summed E-state index contributed by atoms with van der Waals surface area (Å²) in [7, 11) is 0. The van der Waals surface area contributed by atoms with E-state index in [4.69, 9.17) is 25.8 Å². The lowest BCUT2D eigenvalue weighted by molar-refractivity contribution is 0.0701. The first kappa shape index (κ1) is 12.5. The molecule has 0 unspecified atom stereocenters. The summed E-state index contributed by atoms with van der Waals surface area (Å²) >= 11 is 6.00. The summed E-state index contributed by atoms with van der Waals surface area (Å²) < 4.78 is 17.2. The molecule has 0 bridgehead atoms. The van der Waals surface area contributed by atoms with Gasteiger partial charge in [0.05, 0.1) is 13.2 Å². The van der Waals surface area contributed by atoms with Crippen LogP contribution in [-0.4, -0.2) is 49.0 Å². The zero-order valence-electron chi connectivity index (χ0n) is 11.0. The van der Waals surface area contributed by atoms with Gasteiger partial charge < -0.3 is 19.1 Å². The van der Waals surface area contributed by atoms with Crippen LogP contribution in [0.5, 0.6) is 11.6 Å². The van der Waals surface area contributed by atoms with Crippen LogP contribution in [0.3, 0.4) is 0 Å². The molecule has 0 aromatic carbocycles. The monoisotopic (exact) mass is 297 g/mol. The van der Waals surface area contributed by atoms with Gasteiger partial charge in [-0.05, 0) is 30.4 Å². The van der Waals surface area contributed by atoms with Crippen molar-refractivity contribution >= 4 is 17.4 Å². The van der Waals surface area contributed by atoms with Crippen molar-refractivity contribution in [1.29, 1.82) is 0 Å². The van der Waals surface area contributed by atoms with Gasteiger partial charge in [0.2, 0.25) is 11.0 Å². The number of hydrogen-bond acceptors (Lipinski definition) is 6. The average molecular weight is 298 g/mol. The summed E-state index contributed by atoms with van der Waals surface area (Å²) in [6.45, 7) is 3.47. The number of anilines is 1. The fraction of sp³-hybridized carbons (Fsp3) is 0.692. The molecule has 1 aromatic heterocycles. The van der Waals surface area contributed by atoms with Crippen LogP contribution in [0.2, 0.25) is 5.28 Å². The van der Waals surface area contributed by atoms with E-state index in [1.807, 2.05) is 0 Å². The predicted octanol–water partition coefficient (Wildman–Crippen LogP) is 1.52. The zero-order chi connectivity index (χ0) is 13.5. The Morgan fingerprint density at radius 1 is 1.15 bits per heavy atom. The number of fused-ring (bicyclic) bond motifs is 1. The maximum absolute atomic E-state index is 6.10. The molecule has 0 spiro atoms. The lowest BCUT2D eigenvalue weighted by atomic mass is 10.2. The molecule has 20 heavy (non-hydrogen) atoms. The van der Waals surface area contributed by atoms with Gasteiger partial charge in [0.25, 0.3) is 5.88 Å². The van der Waals surface area contributed by atoms with Crippen molar-refractivity contribution in [2.75, 3.05) is 37.8 Å². The molecule has 0 radical (unpaired) electrons. The van der Waals surface area contributed by atoms with Crippen LogP contribution in [0.25, 0.3) is 0 Å². The second-order valence-corrected chi connectivity index (χ2v) is 5.69. The van der Waals surface area contributed by atoms with Crippen LogP contribution >= 0.6 is 11.6 Å². The maximum atomic E-state index is 6.10. The molecule has 0 N–H and O–H groups in total. The number of hydrogen-bond donors (Lipinski definition) is 0. The smallest absolute Gasteiger partial charge is 0.264 e. The van der Waals surface area contributed by atoms with E-state index < -0.39 is 0 Å². The van der Waals surface area contributed by atoms with Gasteiger partial charge in [0.15, 0.2) is 5.82 Å². The second kappa shape index (κ2) is 4.93. The van der Waals surface area contributed by atoms with Crippen molar-refractivity contribution in [3.63, 3.8) is 0 Å². The quantitative estimate of drug-likeness (QED) is 0.772. The molecule has 6 nitrogen and oxygen atoms in total. The molecular weight excluding hydrogens is 282 g/mol. The van der Waals surface area contributed by atoms with Gasteiger partial charge in [0, 0.05) is 13.1 Å². The average Bonchev–Trinajstić information content (AvgIpc) is 3.31. The molecule has 108 valence electrons. The van der Waals surface area contributed by atoms with Crippen LogP contribution in [0.15, 0.2) is 0 Å². The molecule has 4 rings (SSSR count). The Bertz CT molecular complexity index is 518. The Hall–Kier alpha value is -1.27. The molecule has 1 aliphatic carbocycles. The van der Waals surface area contributed by atoms with Crippen LogP contribution in [-0.2, 0) is 4.74 Å². The standard InChI is InChI=1S/C13H16ClN3O3/c14-13-15-11(17-3-5-18-6-4-17)10-12(16-13)19-7-9(20-10)8-1-2-8/h8-9H,1-7H2/t9-/m0/s1. The van der Waals surface area contributed by atoms with Gasteiger partial charge in [-0.3, -0.25) is 0 Å². The summed E-state index contributed by atoms with van der Waals surface area (Å²) in [4.78, 5) is 10.6. The molecule has 0 amide bonds. The van der Waals surface area contributed by atoms with Crippen LogP contribution in [0, 0.1) is 5.92 Å². The highest BCUT2D eigenvalue weighted by molar-refractivity contribution is 6.28. The molecular formula is C13H16ClN3O3. The number of aromatic nitrogens is 2. The van der Waals surface area contributed by atoms with Crippen molar-refractivity contribution < 1.29 is 14.2 Å². The third-order valence-electron chi connectivity index (χ3n) is 3.90. The zero-order valence-corrected chi connectivity index (χ0v) is 11.8. The Kier molecular flexibility index (Phi) is 3.07. The third kappa shape index (κ3) is 2.27. The molecule has 1 atom stereocenters. The highest BCUT2D eigenvalue weighted by Crippen LogP contribution is 2.44. The maximum Gasteiger partial charge on any atom is 0.264 e. The van der Waals surface area contributed by atoms with Crippen molar-refractivity contribution in [2.24, 2.45) is 5.92 Å². The topological polar surface area (TPSA) is 56.7 Å². The fourth-order valence-electron chi connectivity index (χ4n) is 2.63. The van der Waals surface area contributed by atoms with Gasteiger partial charge in [-0.2, -0.15) is 9.97 Å². The Morgan fingerprint density at radius 3 is 2.70 bits per heavy atom. The van der Waals surface area contributed by atoms with Crippen LogP contribution in [0.1, 0.15) is 12.8 Å². The largest absolute Gasteiger partial charge is 0.478 e. The normalized spacial score (nSPS) is 25.6. The van der Waals surface area contributed by atoms with E-state index in [-0.39, 0.29) is 11.4 Å². The number of nitrogens with zero attached hydrogens (tertiary/aromatic N) is 3. The molecule has 7 heteroatoms. The van der Waals surface area contributed by atoms with Crippen LogP contribution < -0.4 is 14.4 Å². The summed E-state index contributed by atoms with van der Waals surface area (Å²) in [5.74, 6) is 2.44. The Labute approximate surface area is 122 Å². The molecule has 1 saturated heterocycles. The van der Waals surface area contributed by atoms with Gasteiger partial charge in [-0.25, -0.2) is 0 Å². The molecule has 1 saturated carbocycles. The van der Waals surface area contributed by atoms with E-state index in [0.717, 1.165) is 18.9 Å². The molecule has 2 fully saturated rings. The fourth-order valence-corrected chi connectivity index (χ4v) is 2.79. The van der Waals surface area contributed by atoms with Crippen molar-refractivity contribution in [1.82, 2.24) is 9.97 Å². The third-order valence-corrected chi connectivity index (χ3v) is 4.07. The SMILES string of the molecule is Clc1nc2c(c(N3CCOCC3)n1)O[C@H](C1CC1)CO2. The lowest BCUT2D eigenvalue weighted by Gasteiger charge is -2.32. The number of halogens is 1. The summed E-state index contributed by atoms with van der Waals surface area (Å²) in [6.07, 6.45) is 2.54. The number of ether oxygens (including phenoxy) is 3. The van der Waals surface area contributed by atoms with E-state index >= 15 is 0 Å². The van der Waals surface area contributed by atoms with E-state index in [1.54, 1.807) is 0 Å².